The van der Waals surface area contributed by atoms with Crippen LogP contribution >= 0.6 is 0 Å². The molecule has 3 unspecified atom stereocenters. The smallest absolute Gasteiger partial charge is 0.0504 e. The number of aryl methyl sites for hydroxylation is 1. The summed E-state index contributed by atoms with van der Waals surface area (Å²) in [6.07, 6.45) is 5.00. The lowest BCUT2D eigenvalue weighted by molar-refractivity contribution is 0.0877. The van der Waals surface area contributed by atoms with Crippen molar-refractivity contribution in [3.8, 4) is 0 Å². The number of hydrogen-bond acceptors (Lipinski definition) is 2. The molecule has 1 aliphatic heterocycles. The minimum atomic E-state index is 0.224. The minimum Gasteiger partial charge on any atom is -0.326 e. The van der Waals surface area contributed by atoms with Crippen molar-refractivity contribution in [2.45, 2.75) is 64.6 Å². The van der Waals surface area contributed by atoms with Gasteiger partial charge in [0.15, 0.2) is 0 Å². The molecule has 3 atom stereocenters. The van der Waals surface area contributed by atoms with Gasteiger partial charge in [0.25, 0.3) is 0 Å². The Labute approximate surface area is 118 Å². The van der Waals surface area contributed by atoms with Crippen LogP contribution in [-0.4, -0.2) is 23.5 Å². The van der Waals surface area contributed by atoms with Gasteiger partial charge < -0.3 is 5.73 Å². The molecular formula is C17H28N2. The van der Waals surface area contributed by atoms with Crippen molar-refractivity contribution >= 4 is 0 Å². The largest absolute Gasteiger partial charge is 0.326 e. The molecule has 0 aliphatic carbocycles. The van der Waals surface area contributed by atoms with Crippen molar-refractivity contribution < 1.29 is 0 Å². The molecule has 1 aromatic carbocycles. The van der Waals surface area contributed by atoms with Gasteiger partial charge in [-0.1, -0.05) is 37.6 Å². The summed E-state index contributed by atoms with van der Waals surface area (Å²) < 4.78 is 0. The van der Waals surface area contributed by atoms with E-state index < -0.39 is 0 Å². The first-order valence-corrected chi connectivity index (χ1v) is 7.72. The molecule has 0 saturated carbocycles. The highest BCUT2D eigenvalue weighted by Crippen LogP contribution is 2.32. The van der Waals surface area contributed by atoms with Crippen molar-refractivity contribution in [3.05, 3.63) is 35.4 Å². The molecule has 1 heterocycles. The van der Waals surface area contributed by atoms with Crippen molar-refractivity contribution in [2.75, 3.05) is 6.54 Å². The molecule has 2 heteroatoms. The third-order valence-corrected chi connectivity index (χ3v) is 4.60. The fourth-order valence-electron chi connectivity index (χ4n) is 3.33. The summed E-state index contributed by atoms with van der Waals surface area (Å²) in [5.41, 5.74) is 9.26. The zero-order chi connectivity index (χ0) is 13.8. The normalized spacial score (nSPS) is 24.1. The molecule has 2 nitrogen and oxygen atoms in total. The molecule has 1 aromatic rings. The number of likely N-dealkylation sites (tertiary alicyclic amines) is 1. The summed E-state index contributed by atoms with van der Waals surface area (Å²) >= 11 is 0. The summed E-state index contributed by atoms with van der Waals surface area (Å²) in [5, 5.41) is 0. The van der Waals surface area contributed by atoms with Gasteiger partial charge in [-0.25, -0.2) is 0 Å². The average molecular weight is 260 g/mol. The van der Waals surface area contributed by atoms with E-state index in [2.05, 4.69) is 49.9 Å². The summed E-state index contributed by atoms with van der Waals surface area (Å²) in [7, 11) is 0. The van der Waals surface area contributed by atoms with E-state index in [1.165, 1.54) is 36.9 Å². The van der Waals surface area contributed by atoms with Crippen LogP contribution < -0.4 is 5.73 Å². The lowest BCUT2D eigenvalue weighted by Crippen LogP contribution is -2.47. The molecule has 0 bridgehead atoms. The molecular weight excluding hydrogens is 232 g/mol. The molecule has 0 spiro atoms. The van der Waals surface area contributed by atoms with E-state index in [1.54, 1.807) is 0 Å². The maximum Gasteiger partial charge on any atom is 0.0504 e. The van der Waals surface area contributed by atoms with E-state index in [4.69, 9.17) is 5.73 Å². The monoisotopic (exact) mass is 260 g/mol. The maximum atomic E-state index is 6.47. The van der Waals surface area contributed by atoms with Gasteiger partial charge in [-0.05, 0) is 50.8 Å². The fourth-order valence-corrected chi connectivity index (χ4v) is 3.33. The standard InChI is InChI=1S/C17H28N2/c1-4-16(18)17(15-11-6-5-9-13(15)2)19-12-8-7-10-14(19)3/h5-6,9,11,14,16-17H,4,7-8,10,12,18H2,1-3H3. The summed E-state index contributed by atoms with van der Waals surface area (Å²) in [4.78, 5) is 2.64. The van der Waals surface area contributed by atoms with Crippen molar-refractivity contribution in [1.82, 2.24) is 4.90 Å². The molecule has 106 valence electrons. The number of hydrogen-bond donors (Lipinski definition) is 1. The quantitative estimate of drug-likeness (QED) is 0.895. The Morgan fingerprint density at radius 2 is 2.05 bits per heavy atom. The van der Waals surface area contributed by atoms with Crippen LogP contribution in [0.25, 0.3) is 0 Å². The zero-order valence-electron chi connectivity index (χ0n) is 12.6. The molecule has 0 radical (unpaired) electrons. The van der Waals surface area contributed by atoms with Crippen molar-refractivity contribution in [3.63, 3.8) is 0 Å². The maximum absolute atomic E-state index is 6.47. The van der Waals surface area contributed by atoms with Gasteiger partial charge in [-0.15, -0.1) is 0 Å². The minimum absolute atomic E-state index is 0.224. The third kappa shape index (κ3) is 3.18. The lowest BCUT2D eigenvalue weighted by atomic mass is 9.89. The van der Waals surface area contributed by atoms with Gasteiger partial charge in [0, 0.05) is 12.1 Å². The fraction of sp³-hybridized carbons (Fsp3) is 0.647. The van der Waals surface area contributed by atoms with Crippen LogP contribution in [0.1, 0.15) is 56.7 Å². The molecule has 1 fully saturated rings. The van der Waals surface area contributed by atoms with Gasteiger partial charge in [0.1, 0.15) is 0 Å². The van der Waals surface area contributed by atoms with Crippen molar-refractivity contribution in [2.24, 2.45) is 5.73 Å². The molecule has 19 heavy (non-hydrogen) atoms. The first kappa shape index (κ1) is 14.5. The van der Waals surface area contributed by atoms with Crippen LogP contribution in [0.4, 0.5) is 0 Å². The highest BCUT2D eigenvalue weighted by Gasteiger charge is 2.31. The predicted molar refractivity (Wildman–Crippen MR) is 82.2 cm³/mol. The van der Waals surface area contributed by atoms with Gasteiger partial charge in [0.05, 0.1) is 6.04 Å². The highest BCUT2D eigenvalue weighted by atomic mass is 15.2. The topological polar surface area (TPSA) is 29.3 Å². The Hall–Kier alpha value is -0.860. The lowest BCUT2D eigenvalue weighted by Gasteiger charge is -2.42. The van der Waals surface area contributed by atoms with Gasteiger partial charge >= 0.3 is 0 Å². The molecule has 1 saturated heterocycles. The summed E-state index contributed by atoms with van der Waals surface area (Å²) in [5.74, 6) is 0. The predicted octanol–water partition coefficient (Wildman–Crippen LogP) is 3.65. The zero-order valence-corrected chi connectivity index (χ0v) is 12.6. The van der Waals surface area contributed by atoms with E-state index in [0.717, 1.165) is 6.42 Å². The number of piperidine rings is 1. The van der Waals surface area contributed by atoms with Crippen LogP contribution in [0.2, 0.25) is 0 Å². The van der Waals surface area contributed by atoms with E-state index in [-0.39, 0.29) is 6.04 Å². The second-order valence-electron chi connectivity index (χ2n) is 5.96. The van der Waals surface area contributed by atoms with Crippen LogP contribution in [-0.2, 0) is 0 Å². The van der Waals surface area contributed by atoms with Crippen LogP contribution in [0.15, 0.2) is 24.3 Å². The Balaban J connectivity index is 2.33. The molecule has 1 aliphatic rings. The van der Waals surface area contributed by atoms with Gasteiger partial charge in [0.2, 0.25) is 0 Å². The Morgan fingerprint density at radius 1 is 1.32 bits per heavy atom. The first-order valence-electron chi connectivity index (χ1n) is 7.72. The SMILES string of the molecule is CCC(N)C(c1ccccc1C)N1CCCCC1C. The summed E-state index contributed by atoms with van der Waals surface area (Å²) in [6, 6.07) is 9.98. The second-order valence-corrected chi connectivity index (χ2v) is 5.96. The first-order chi connectivity index (χ1) is 9.15. The average Bonchev–Trinajstić information content (AvgIpc) is 2.43. The summed E-state index contributed by atoms with van der Waals surface area (Å²) in [6.45, 7) is 7.95. The van der Waals surface area contributed by atoms with Gasteiger partial charge in [-0.2, -0.15) is 0 Å². The molecule has 0 amide bonds. The number of nitrogens with two attached hydrogens (primary N) is 1. The number of benzene rings is 1. The molecule has 2 N–H and O–H groups in total. The van der Waals surface area contributed by atoms with Gasteiger partial charge in [-0.3, -0.25) is 4.90 Å². The van der Waals surface area contributed by atoms with E-state index in [9.17, 15) is 0 Å². The van der Waals surface area contributed by atoms with Crippen LogP contribution in [0.5, 0.6) is 0 Å². The molecule has 0 aromatic heterocycles. The van der Waals surface area contributed by atoms with Crippen LogP contribution in [0, 0.1) is 6.92 Å². The number of rotatable bonds is 4. The number of nitrogens with zero attached hydrogens (tertiary/aromatic N) is 1. The second kappa shape index (κ2) is 6.53. The van der Waals surface area contributed by atoms with E-state index >= 15 is 0 Å². The van der Waals surface area contributed by atoms with E-state index in [0.29, 0.717) is 12.1 Å². The van der Waals surface area contributed by atoms with Crippen LogP contribution in [0.3, 0.4) is 0 Å². The Kier molecular flexibility index (Phi) is 5.00. The third-order valence-electron chi connectivity index (χ3n) is 4.60. The van der Waals surface area contributed by atoms with E-state index in [1.807, 2.05) is 0 Å². The molecule has 2 rings (SSSR count). The Morgan fingerprint density at radius 3 is 2.68 bits per heavy atom. The van der Waals surface area contributed by atoms with Crippen molar-refractivity contribution in [1.29, 1.82) is 0 Å². The highest BCUT2D eigenvalue weighted by molar-refractivity contribution is 5.30. The Bertz CT molecular complexity index is 402.